The van der Waals surface area contributed by atoms with Crippen molar-refractivity contribution in [3.63, 3.8) is 0 Å². The Morgan fingerprint density at radius 1 is 0.343 bits per heavy atom. The first-order valence-corrected chi connectivity index (χ1v) is 24.2. The molecule has 10 aromatic carbocycles. The first-order valence-electron chi connectivity index (χ1n) is 23.4. The Bertz CT molecular complexity index is 4600. The number of hydrogen-bond donors (Lipinski definition) is 0. The summed E-state index contributed by atoms with van der Waals surface area (Å²) in [7, 11) is 0. The molecule has 0 aliphatic carbocycles. The Hall–Kier alpha value is -9.17. The minimum absolute atomic E-state index is 0.582. The van der Waals surface area contributed by atoms with E-state index in [1.165, 1.54) is 31.8 Å². The molecule has 0 unspecified atom stereocenters. The van der Waals surface area contributed by atoms with Crippen LogP contribution in [0.15, 0.2) is 227 Å². The predicted octanol–water partition coefficient (Wildman–Crippen LogP) is 17.5. The molecule has 6 nitrogen and oxygen atoms in total. The molecule has 0 atom stereocenters. The van der Waals surface area contributed by atoms with Crippen LogP contribution in [0.5, 0.6) is 0 Å². The largest absolute Gasteiger partial charge is 0.456 e. The molecular weight excluding hydrogens is 877 g/mol. The highest BCUT2D eigenvalue weighted by molar-refractivity contribution is 7.26. The van der Waals surface area contributed by atoms with Crippen LogP contribution in [0.3, 0.4) is 0 Å². The summed E-state index contributed by atoms with van der Waals surface area (Å²) in [4.78, 5) is 15.7. The van der Waals surface area contributed by atoms with Gasteiger partial charge in [-0.2, -0.15) is 0 Å². The van der Waals surface area contributed by atoms with Gasteiger partial charge in [0.25, 0.3) is 0 Å². The molecule has 326 valence electrons. The lowest BCUT2D eigenvalue weighted by atomic mass is 9.95. The van der Waals surface area contributed by atoms with Gasteiger partial charge in [0.1, 0.15) is 22.3 Å². The minimum atomic E-state index is 0.582. The number of fused-ring (bicyclic) bond motifs is 12. The van der Waals surface area contributed by atoms with Gasteiger partial charge in [-0.25, -0.2) is 15.0 Å². The van der Waals surface area contributed by atoms with Crippen molar-refractivity contribution in [3.8, 4) is 62.1 Å². The molecule has 15 aromatic rings. The fourth-order valence-corrected chi connectivity index (χ4v) is 12.0. The summed E-state index contributed by atoms with van der Waals surface area (Å²) in [5.74, 6) is 1.82. The minimum Gasteiger partial charge on any atom is -0.456 e. The number of para-hydroxylation sites is 3. The second-order valence-corrected chi connectivity index (χ2v) is 18.9. The monoisotopic (exact) mass is 912 g/mol. The molecule has 5 aromatic heterocycles. The molecule has 0 amide bonds. The van der Waals surface area contributed by atoms with E-state index in [1.807, 2.05) is 30.3 Å². The topological polar surface area (TPSA) is 69.9 Å². The van der Waals surface area contributed by atoms with Gasteiger partial charge in [0.15, 0.2) is 17.5 Å². The Morgan fingerprint density at radius 3 is 1.79 bits per heavy atom. The van der Waals surface area contributed by atoms with Gasteiger partial charge in [-0.05, 0) is 83.4 Å². The van der Waals surface area contributed by atoms with Crippen LogP contribution in [0.4, 0.5) is 0 Å². The molecule has 5 heterocycles. The van der Waals surface area contributed by atoms with Gasteiger partial charge in [-0.1, -0.05) is 152 Å². The molecular formula is C63H36N4O2S. The lowest BCUT2D eigenvalue weighted by Crippen LogP contribution is -2.00. The first-order chi connectivity index (χ1) is 34.7. The van der Waals surface area contributed by atoms with Gasteiger partial charge in [-0.15, -0.1) is 11.3 Å². The van der Waals surface area contributed by atoms with E-state index in [1.54, 1.807) is 11.3 Å². The van der Waals surface area contributed by atoms with E-state index in [9.17, 15) is 0 Å². The van der Waals surface area contributed by atoms with Crippen molar-refractivity contribution in [2.45, 2.75) is 0 Å². The highest BCUT2D eigenvalue weighted by Crippen LogP contribution is 2.45. The quantitative estimate of drug-likeness (QED) is 0.166. The lowest BCUT2D eigenvalue weighted by molar-refractivity contribution is 0.669. The summed E-state index contributed by atoms with van der Waals surface area (Å²) in [6.07, 6.45) is 0. The maximum absolute atomic E-state index is 6.89. The van der Waals surface area contributed by atoms with Crippen molar-refractivity contribution in [1.82, 2.24) is 19.5 Å². The molecule has 7 heteroatoms. The summed E-state index contributed by atoms with van der Waals surface area (Å²) < 4.78 is 18.2. The number of furan rings is 2. The number of thiophene rings is 1. The van der Waals surface area contributed by atoms with Gasteiger partial charge >= 0.3 is 0 Å². The summed E-state index contributed by atoms with van der Waals surface area (Å²) in [5.41, 5.74) is 13.8. The van der Waals surface area contributed by atoms with Crippen LogP contribution in [-0.2, 0) is 0 Å². The van der Waals surface area contributed by atoms with E-state index in [0.717, 1.165) is 98.7 Å². The molecule has 0 aliphatic rings. The number of rotatable bonds is 6. The van der Waals surface area contributed by atoms with E-state index in [0.29, 0.717) is 17.5 Å². The normalized spacial score (nSPS) is 12.0. The van der Waals surface area contributed by atoms with Gasteiger partial charge in [-0.3, -0.25) is 0 Å². The van der Waals surface area contributed by atoms with Gasteiger partial charge in [0, 0.05) is 80.4 Å². The van der Waals surface area contributed by atoms with Crippen LogP contribution in [0.25, 0.3) is 148 Å². The first kappa shape index (κ1) is 38.9. The SMILES string of the molecule is c1ccc(-c2nc(-c3cccc4c3sc3ccccc34)nc(-c3cccc4oc5ccc(-c6cccc7oc8c(-c9ccc%10c(c9)c9ccccc9n%10-c9ccccc9)cccc8c67)cc5c34)n2)cc1. The molecule has 0 aliphatic heterocycles. The zero-order valence-electron chi connectivity index (χ0n) is 37.3. The smallest absolute Gasteiger partial charge is 0.165 e. The average molecular weight is 913 g/mol. The zero-order chi connectivity index (χ0) is 45.9. The molecule has 70 heavy (non-hydrogen) atoms. The highest BCUT2D eigenvalue weighted by Gasteiger charge is 2.22. The maximum atomic E-state index is 6.89. The number of aromatic nitrogens is 4. The zero-order valence-corrected chi connectivity index (χ0v) is 38.1. The van der Waals surface area contributed by atoms with Gasteiger partial charge in [0.05, 0.1) is 11.0 Å². The molecule has 0 saturated carbocycles. The van der Waals surface area contributed by atoms with Crippen LogP contribution in [0.1, 0.15) is 0 Å². The molecule has 15 rings (SSSR count). The molecule has 0 saturated heterocycles. The maximum Gasteiger partial charge on any atom is 0.165 e. The van der Waals surface area contributed by atoms with Crippen molar-refractivity contribution in [1.29, 1.82) is 0 Å². The summed E-state index contributed by atoms with van der Waals surface area (Å²) in [5, 5.41) is 8.89. The second-order valence-electron chi connectivity index (χ2n) is 17.8. The average Bonchev–Trinajstić information content (AvgIpc) is 4.20. The van der Waals surface area contributed by atoms with Crippen molar-refractivity contribution in [2.24, 2.45) is 0 Å². The summed E-state index contributed by atoms with van der Waals surface area (Å²) in [6.45, 7) is 0. The van der Waals surface area contributed by atoms with E-state index in [2.05, 4.69) is 193 Å². The van der Waals surface area contributed by atoms with Crippen LogP contribution < -0.4 is 0 Å². The Balaban J connectivity index is 0.891. The van der Waals surface area contributed by atoms with E-state index < -0.39 is 0 Å². The van der Waals surface area contributed by atoms with Gasteiger partial charge < -0.3 is 13.4 Å². The molecule has 0 spiro atoms. The number of nitrogens with zero attached hydrogens (tertiary/aromatic N) is 4. The van der Waals surface area contributed by atoms with E-state index in [-0.39, 0.29) is 0 Å². The molecule has 0 N–H and O–H groups in total. The number of hydrogen-bond acceptors (Lipinski definition) is 6. The highest BCUT2D eigenvalue weighted by atomic mass is 32.1. The third-order valence-corrected chi connectivity index (χ3v) is 15.1. The summed E-state index contributed by atoms with van der Waals surface area (Å²) >= 11 is 1.77. The third kappa shape index (κ3) is 5.89. The van der Waals surface area contributed by atoms with E-state index in [4.69, 9.17) is 23.8 Å². The van der Waals surface area contributed by atoms with Crippen molar-refractivity contribution in [3.05, 3.63) is 218 Å². The predicted molar refractivity (Wildman–Crippen MR) is 289 cm³/mol. The summed E-state index contributed by atoms with van der Waals surface area (Å²) in [6, 6.07) is 76.6. The van der Waals surface area contributed by atoms with Crippen LogP contribution in [0, 0.1) is 0 Å². The second kappa shape index (κ2) is 15.2. The molecule has 0 fully saturated rings. The van der Waals surface area contributed by atoms with Crippen LogP contribution >= 0.6 is 11.3 Å². The molecule has 0 radical (unpaired) electrons. The Kier molecular flexibility index (Phi) is 8.43. The van der Waals surface area contributed by atoms with Gasteiger partial charge in [0.2, 0.25) is 0 Å². The Morgan fingerprint density at radius 2 is 0.929 bits per heavy atom. The Labute approximate surface area is 404 Å². The lowest BCUT2D eigenvalue weighted by Gasteiger charge is -2.10. The van der Waals surface area contributed by atoms with E-state index >= 15 is 0 Å². The fraction of sp³-hybridized carbons (Fsp3) is 0. The number of benzene rings is 10. The standard InChI is InChI=1S/C63H36N4O2S/c1-3-15-37(16-4-1)61-64-62(66-63(65-61)48-26-12-23-45-44-20-8-10-30-56(44)70-60(45)48)47-25-14-28-54-58(47)50-36-38(32-34-53(50)68-54)41-21-13-29-55-57(41)46-24-11-22-42(59(46)69-55)39-31-33-52-49(35-39)43-19-7-9-27-51(43)67(52)40-17-5-2-6-18-40/h1-36H. The van der Waals surface area contributed by atoms with Crippen LogP contribution in [-0.4, -0.2) is 19.5 Å². The molecule has 0 bridgehead atoms. The van der Waals surface area contributed by atoms with Crippen molar-refractivity contribution < 1.29 is 8.83 Å². The fourth-order valence-electron chi connectivity index (χ4n) is 10.7. The van der Waals surface area contributed by atoms with Crippen molar-refractivity contribution >= 4 is 97.2 Å². The van der Waals surface area contributed by atoms with Crippen molar-refractivity contribution in [2.75, 3.05) is 0 Å². The third-order valence-electron chi connectivity index (χ3n) is 13.9. The van der Waals surface area contributed by atoms with Crippen LogP contribution in [0.2, 0.25) is 0 Å².